The van der Waals surface area contributed by atoms with Crippen molar-refractivity contribution in [2.45, 2.75) is 25.9 Å². The fraction of sp³-hybridized carbons (Fsp3) is 0.250. The number of anilines is 2. The molecule has 162 valence electrons. The van der Waals surface area contributed by atoms with Gasteiger partial charge in [0.15, 0.2) is 5.16 Å². The quantitative estimate of drug-likeness (QED) is 0.411. The summed E-state index contributed by atoms with van der Waals surface area (Å²) in [5, 5.41) is 14.5. The summed E-state index contributed by atoms with van der Waals surface area (Å²) in [5.41, 5.74) is 2.56. The summed E-state index contributed by atoms with van der Waals surface area (Å²) in [5.74, 6) is -0.861. The van der Waals surface area contributed by atoms with E-state index in [2.05, 4.69) is 20.8 Å². The molecule has 0 saturated carbocycles. The summed E-state index contributed by atoms with van der Waals surface area (Å²) in [6, 6.07) is 7.21. The van der Waals surface area contributed by atoms with Crippen LogP contribution in [0.4, 0.5) is 10.7 Å². The molecule has 2 heterocycles. The van der Waals surface area contributed by atoms with Crippen LogP contribution in [0.15, 0.2) is 35.7 Å². The number of aryl methyl sites for hydroxylation is 1. The van der Waals surface area contributed by atoms with E-state index in [-0.39, 0.29) is 17.6 Å². The molecule has 31 heavy (non-hydrogen) atoms. The van der Waals surface area contributed by atoms with Gasteiger partial charge in [0.1, 0.15) is 11.3 Å². The molecule has 2 N–H and O–H groups in total. The van der Waals surface area contributed by atoms with E-state index in [4.69, 9.17) is 4.74 Å². The molecular formula is C20H21N5O4S2. The van der Waals surface area contributed by atoms with Crippen LogP contribution in [0.2, 0.25) is 0 Å². The third-order valence-electron chi connectivity index (χ3n) is 4.32. The Balaban J connectivity index is 1.71. The number of thiophene rings is 1. The molecule has 1 aromatic carbocycles. The normalized spacial score (nSPS) is 10.6. The topological polar surface area (TPSA) is 115 Å². The number of amides is 2. The number of aromatic nitrogens is 3. The molecule has 0 atom stereocenters. The highest BCUT2D eigenvalue weighted by Gasteiger charge is 2.22. The molecule has 0 aliphatic heterocycles. The zero-order chi connectivity index (χ0) is 22.5. The van der Waals surface area contributed by atoms with Crippen LogP contribution < -0.4 is 10.6 Å². The average Bonchev–Trinajstić information content (AvgIpc) is 3.30. The highest BCUT2D eigenvalue weighted by atomic mass is 32.2. The third-order valence-corrected chi connectivity index (χ3v) is 6.39. The van der Waals surface area contributed by atoms with Gasteiger partial charge in [-0.15, -0.1) is 21.5 Å². The molecule has 0 aliphatic rings. The van der Waals surface area contributed by atoms with Crippen molar-refractivity contribution in [3.63, 3.8) is 0 Å². The van der Waals surface area contributed by atoms with Crippen molar-refractivity contribution in [3.8, 4) is 5.69 Å². The predicted molar refractivity (Wildman–Crippen MR) is 120 cm³/mol. The van der Waals surface area contributed by atoms with E-state index in [0.29, 0.717) is 21.4 Å². The van der Waals surface area contributed by atoms with Gasteiger partial charge in [0.2, 0.25) is 11.8 Å². The minimum atomic E-state index is -0.483. The first-order valence-corrected chi connectivity index (χ1v) is 11.0. The summed E-state index contributed by atoms with van der Waals surface area (Å²) < 4.78 is 6.56. The van der Waals surface area contributed by atoms with Crippen molar-refractivity contribution in [1.29, 1.82) is 0 Å². The lowest BCUT2D eigenvalue weighted by Crippen LogP contribution is -2.16. The smallest absolute Gasteiger partial charge is 0.341 e. The van der Waals surface area contributed by atoms with Crippen molar-refractivity contribution in [1.82, 2.24) is 14.8 Å². The van der Waals surface area contributed by atoms with Gasteiger partial charge in [0, 0.05) is 17.5 Å². The number of hydrogen-bond acceptors (Lipinski definition) is 8. The van der Waals surface area contributed by atoms with Crippen LogP contribution in [0.25, 0.3) is 5.69 Å². The second-order valence-corrected chi connectivity index (χ2v) is 8.70. The predicted octanol–water partition coefficient (Wildman–Crippen LogP) is 3.42. The molecule has 0 saturated heterocycles. The zero-order valence-corrected chi connectivity index (χ0v) is 19.0. The summed E-state index contributed by atoms with van der Waals surface area (Å²) in [6.07, 6.45) is 1.54. The number of benzene rings is 1. The van der Waals surface area contributed by atoms with Crippen molar-refractivity contribution in [2.24, 2.45) is 0 Å². The van der Waals surface area contributed by atoms with Crippen LogP contribution >= 0.6 is 23.1 Å². The lowest BCUT2D eigenvalue weighted by atomic mass is 10.1. The molecule has 11 heteroatoms. The van der Waals surface area contributed by atoms with Crippen molar-refractivity contribution in [3.05, 3.63) is 46.6 Å². The van der Waals surface area contributed by atoms with Crippen LogP contribution in [-0.4, -0.2) is 45.4 Å². The van der Waals surface area contributed by atoms with Crippen LogP contribution in [0.5, 0.6) is 0 Å². The number of nitrogens with zero attached hydrogens (tertiary/aromatic N) is 3. The minimum Gasteiger partial charge on any atom is -0.465 e. The number of carbonyl (C=O) groups excluding carboxylic acids is 3. The van der Waals surface area contributed by atoms with Crippen LogP contribution in [0.3, 0.4) is 0 Å². The van der Waals surface area contributed by atoms with Gasteiger partial charge >= 0.3 is 5.97 Å². The van der Waals surface area contributed by atoms with Gasteiger partial charge < -0.3 is 15.4 Å². The first kappa shape index (κ1) is 22.5. The third kappa shape index (κ3) is 5.30. The Morgan fingerprint density at radius 1 is 1.23 bits per heavy atom. The van der Waals surface area contributed by atoms with Gasteiger partial charge in [-0.1, -0.05) is 17.8 Å². The van der Waals surface area contributed by atoms with Gasteiger partial charge in [0.05, 0.1) is 24.1 Å². The van der Waals surface area contributed by atoms with E-state index in [1.54, 1.807) is 22.8 Å². The maximum Gasteiger partial charge on any atom is 0.341 e. The number of nitrogens with one attached hydrogen (secondary N) is 2. The van der Waals surface area contributed by atoms with E-state index in [9.17, 15) is 14.4 Å². The summed E-state index contributed by atoms with van der Waals surface area (Å²) >= 11 is 2.54. The molecule has 0 spiro atoms. The van der Waals surface area contributed by atoms with Gasteiger partial charge in [0.25, 0.3) is 0 Å². The largest absolute Gasteiger partial charge is 0.465 e. The fourth-order valence-corrected chi connectivity index (χ4v) is 4.59. The van der Waals surface area contributed by atoms with E-state index in [1.165, 1.54) is 43.5 Å². The summed E-state index contributed by atoms with van der Waals surface area (Å²) in [6.45, 7) is 5.14. The van der Waals surface area contributed by atoms with Crippen LogP contribution in [0, 0.1) is 13.8 Å². The van der Waals surface area contributed by atoms with Gasteiger partial charge in [-0.2, -0.15) is 0 Å². The van der Waals surface area contributed by atoms with E-state index in [1.807, 2.05) is 19.9 Å². The average molecular weight is 460 g/mol. The Labute approximate surface area is 187 Å². The first-order valence-electron chi connectivity index (χ1n) is 9.19. The molecule has 0 radical (unpaired) electrons. The first-order chi connectivity index (χ1) is 14.8. The Bertz CT molecular complexity index is 1140. The number of hydrogen-bond donors (Lipinski definition) is 2. The van der Waals surface area contributed by atoms with Gasteiger partial charge in [-0.05, 0) is 37.6 Å². The maximum atomic E-state index is 12.5. The number of rotatable bonds is 7. The Hall–Kier alpha value is -3.18. The Kier molecular flexibility index (Phi) is 7.08. The Morgan fingerprint density at radius 2 is 2.00 bits per heavy atom. The maximum absolute atomic E-state index is 12.5. The van der Waals surface area contributed by atoms with E-state index >= 15 is 0 Å². The number of ether oxygens (including phenoxy) is 1. The SMILES string of the molecule is COC(=O)c1c(NC(=O)CSc2nncn2-c2cccc(NC(C)=O)c2)sc(C)c1C. The highest BCUT2D eigenvalue weighted by Crippen LogP contribution is 2.33. The van der Waals surface area contributed by atoms with E-state index in [0.717, 1.165) is 16.1 Å². The van der Waals surface area contributed by atoms with Crippen LogP contribution in [-0.2, 0) is 14.3 Å². The lowest BCUT2D eigenvalue weighted by molar-refractivity contribution is -0.114. The molecule has 0 bridgehead atoms. The highest BCUT2D eigenvalue weighted by molar-refractivity contribution is 7.99. The second kappa shape index (κ2) is 9.75. The minimum absolute atomic E-state index is 0.0701. The van der Waals surface area contributed by atoms with Gasteiger partial charge in [-0.3, -0.25) is 14.2 Å². The summed E-state index contributed by atoms with van der Waals surface area (Å²) in [4.78, 5) is 36.8. The number of methoxy groups -OCH3 is 1. The number of carbonyl (C=O) groups is 3. The molecule has 9 nitrogen and oxygen atoms in total. The molecule has 3 rings (SSSR count). The molecule has 3 aromatic rings. The fourth-order valence-electron chi connectivity index (χ4n) is 2.79. The molecular weight excluding hydrogens is 438 g/mol. The number of esters is 1. The Morgan fingerprint density at radius 3 is 2.71 bits per heavy atom. The van der Waals surface area contributed by atoms with Gasteiger partial charge in [-0.25, -0.2) is 4.79 Å². The monoisotopic (exact) mass is 459 g/mol. The molecule has 0 aliphatic carbocycles. The summed E-state index contributed by atoms with van der Waals surface area (Å²) in [7, 11) is 1.31. The van der Waals surface area contributed by atoms with Crippen molar-refractivity contribution < 1.29 is 19.1 Å². The lowest BCUT2D eigenvalue weighted by Gasteiger charge is -2.09. The van der Waals surface area contributed by atoms with E-state index < -0.39 is 5.97 Å². The standard InChI is InChI=1S/C20H21N5O4S2/c1-11-12(2)31-18(17(11)19(28)29-4)23-16(27)9-30-20-24-21-10-25(20)15-7-5-6-14(8-15)22-13(3)26/h5-8,10H,9H2,1-4H3,(H,22,26)(H,23,27). The molecule has 2 aromatic heterocycles. The zero-order valence-electron chi connectivity index (χ0n) is 17.4. The second-order valence-electron chi connectivity index (χ2n) is 6.53. The molecule has 0 unspecified atom stereocenters. The van der Waals surface area contributed by atoms with Crippen LogP contribution in [0.1, 0.15) is 27.7 Å². The van der Waals surface area contributed by atoms with Crippen molar-refractivity contribution >= 4 is 51.6 Å². The molecule has 0 fully saturated rings. The number of thioether (sulfide) groups is 1. The molecule has 2 amide bonds. The van der Waals surface area contributed by atoms with Crippen molar-refractivity contribution in [2.75, 3.05) is 23.5 Å².